The first-order chi connectivity index (χ1) is 14.6. The van der Waals surface area contributed by atoms with Crippen LogP contribution >= 0.6 is 0 Å². The minimum Gasteiger partial charge on any atom is -0.382 e. The van der Waals surface area contributed by atoms with Crippen LogP contribution in [0.1, 0.15) is 16.8 Å². The number of nitrogens with two attached hydrogens (primary N) is 1. The Hall–Kier alpha value is -3.35. The number of benzene rings is 1. The predicted molar refractivity (Wildman–Crippen MR) is 113 cm³/mol. The largest absolute Gasteiger partial charge is 0.382 e. The Morgan fingerprint density at radius 2 is 2.07 bits per heavy atom. The number of hydrogen-bond donors (Lipinski definition) is 3. The van der Waals surface area contributed by atoms with Crippen LogP contribution in [-0.2, 0) is 13.0 Å². The summed E-state index contributed by atoms with van der Waals surface area (Å²) in [6, 6.07) is 8.78. The number of halogens is 1. The average molecular weight is 406 g/mol. The fraction of sp³-hybridized carbons (Fsp3) is 0.333. The van der Waals surface area contributed by atoms with Gasteiger partial charge in [0.1, 0.15) is 35.4 Å². The van der Waals surface area contributed by atoms with Crippen LogP contribution in [-0.4, -0.2) is 52.6 Å². The summed E-state index contributed by atoms with van der Waals surface area (Å²) in [5, 5.41) is 16.7. The van der Waals surface area contributed by atoms with Crippen LogP contribution in [0.25, 0.3) is 10.9 Å². The molecule has 0 aliphatic carbocycles. The Balaban J connectivity index is 1.57. The molecule has 30 heavy (non-hydrogen) atoms. The fourth-order valence-electron chi connectivity index (χ4n) is 3.62. The molecular formula is C21H23FN8. The van der Waals surface area contributed by atoms with Crippen molar-refractivity contribution in [1.82, 2.24) is 25.2 Å². The van der Waals surface area contributed by atoms with Crippen molar-refractivity contribution in [2.75, 3.05) is 43.8 Å². The number of nitrogens with one attached hydrogen (secondary N) is 2. The van der Waals surface area contributed by atoms with E-state index in [1.807, 2.05) is 6.07 Å². The molecule has 3 heterocycles. The third-order valence-corrected chi connectivity index (χ3v) is 5.21. The van der Waals surface area contributed by atoms with Gasteiger partial charge in [0.15, 0.2) is 0 Å². The maximum Gasteiger partial charge on any atom is 0.149 e. The van der Waals surface area contributed by atoms with Gasteiger partial charge >= 0.3 is 0 Å². The highest BCUT2D eigenvalue weighted by molar-refractivity contribution is 5.79. The number of nitrogen functional groups attached to an aromatic ring is 1. The van der Waals surface area contributed by atoms with Crippen molar-refractivity contribution in [3.05, 3.63) is 53.2 Å². The van der Waals surface area contributed by atoms with Crippen molar-refractivity contribution < 1.29 is 4.39 Å². The van der Waals surface area contributed by atoms with Gasteiger partial charge in [-0.1, -0.05) is 0 Å². The number of nitrogens with zero attached hydrogens (tertiary/aromatic N) is 5. The lowest BCUT2D eigenvalue weighted by Gasteiger charge is -2.27. The summed E-state index contributed by atoms with van der Waals surface area (Å²) in [4.78, 5) is 15.1. The van der Waals surface area contributed by atoms with E-state index in [0.717, 1.165) is 42.8 Å². The van der Waals surface area contributed by atoms with Crippen molar-refractivity contribution in [2.24, 2.45) is 0 Å². The summed E-state index contributed by atoms with van der Waals surface area (Å²) >= 11 is 0. The lowest BCUT2D eigenvalue weighted by molar-refractivity contribution is 0.230. The molecule has 1 aliphatic heterocycles. The Morgan fingerprint density at radius 1 is 1.23 bits per heavy atom. The number of nitriles is 1. The van der Waals surface area contributed by atoms with E-state index < -0.39 is 0 Å². The quantitative estimate of drug-likeness (QED) is 0.566. The molecule has 1 aromatic carbocycles. The van der Waals surface area contributed by atoms with Gasteiger partial charge in [-0.25, -0.2) is 14.4 Å². The lowest BCUT2D eigenvalue weighted by atomic mass is 10.1. The van der Waals surface area contributed by atoms with Crippen molar-refractivity contribution >= 4 is 22.5 Å². The molecule has 0 bridgehead atoms. The summed E-state index contributed by atoms with van der Waals surface area (Å²) in [5.74, 6) is 0.288. The van der Waals surface area contributed by atoms with Crippen LogP contribution in [0.3, 0.4) is 0 Å². The molecule has 0 saturated carbocycles. The van der Waals surface area contributed by atoms with E-state index in [0.29, 0.717) is 30.8 Å². The highest BCUT2D eigenvalue weighted by Gasteiger charge is 2.15. The fourth-order valence-corrected chi connectivity index (χ4v) is 3.62. The van der Waals surface area contributed by atoms with E-state index >= 15 is 0 Å². The number of rotatable bonds is 6. The molecule has 1 saturated heterocycles. The van der Waals surface area contributed by atoms with Crippen LogP contribution in [0.5, 0.6) is 0 Å². The Bertz CT molecular complexity index is 1090. The van der Waals surface area contributed by atoms with Crippen LogP contribution in [0, 0.1) is 17.1 Å². The zero-order valence-corrected chi connectivity index (χ0v) is 16.5. The van der Waals surface area contributed by atoms with E-state index in [9.17, 15) is 9.65 Å². The molecule has 4 rings (SSSR count). The molecule has 0 unspecified atom stereocenters. The zero-order valence-electron chi connectivity index (χ0n) is 16.5. The summed E-state index contributed by atoms with van der Waals surface area (Å²) in [5.41, 5.74) is 8.68. The second-order valence-corrected chi connectivity index (χ2v) is 7.23. The Morgan fingerprint density at radius 3 is 2.87 bits per heavy atom. The van der Waals surface area contributed by atoms with Crippen LogP contribution in [0.15, 0.2) is 30.6 Å². The number of hydrogen-bond acceptors (Lipinski definition) is 8. The standard InChI is InChI=1S/C21H23FN8/c22-16-2-1-14-9-15(3-4-26-21-17(11-23)20(24)27-13-28-21)19(29-18(14)10-16)12-30-7-5-25-6-8-30/h1-2,9-10,13,25H,3-8,12H2,(H3,24,26,27,28). The number of aromatic nitrogens is 3. The number of piperazine rings is 1. The molecule has 4 N–H and O–H groups in total. The first-order valence-corrected chi connectivity index (χ1v) is 9.89. The van der Waals surface area contributed by atoms with Crippen molar-refractivity contribution in [1.29, 1.82) is 5.26 Å². The second-order valence-electron chi connectivity index (χ2n) is 7.23. The molecule has 9 heteroatoms. The summed E-state index contributed by atoms with van der Waals surface area (Å²) in [7, 11) is 0. The smallest absolute Gasteiger partial charge is 0.149 e. The lowest BCUT2D eigenvalue weighted by Crippen LogP contribution is -2.43. The molecule has 154 valence electrons. The van der Waals surface area contributed by atoms with Crippen molar-refractivity contribution in [3.63, 3.8) is 0 Å². The van der Waals surface area contributed by atoms with E-state index in [1.165, 1.54) is 18.5 Å². The van der Waals surface area contributed by atoms with Crippen LogP contribution in [0.4, 0.5) is 16.0 Å². The Kier molecular flexibility index (Phi) is 5.97. The summed E-state index contributed by atoms with van der Waals surface area (Å²) < 4.78 is 13.7. The maximum absolute atomic E-state index is 13.7. The highest BCUT2D eigenvalue weighted by Crippen LogP contribution is 2.21. The molecule has 0 amide bonds. The minimum atomic E-state index is -0.289. The molecular weight excluding hydrogens is 383 g/mol. The van der Waals surface area contributed by atoms with Crippen LogP contribution in [0.2, 0.25) is 0 Å². The maximum atomic E-state index is 13.7. The first-order valence-electron chi connectivity index (χ1n) is 9.89. The SMILES string of the molecule is N#Cc1c(N)ncnc1NCCc1cc2ccc(F)cc2nc1CN1CCNCC1. The monoisotopic (exact) mass is 406 g/mol. The van der Waals surface area contributed by atoms with E-state index in [4.69, 9.17) is 10.7 Å². The van der Waals surface area contributed by atoms with Gasteiger partial charge < -0.3 is 16.4 Å². The highest BCUT2D eigenvalue weighted by atomic mass is 19.1. The van der Waals surface area contributed by atoms with Gasteiger partial charge in [0.25, 0.3) is 0 Å². The zero-order chi connectivity index (χ0) is 20.9. The summed E-state index contributed by atoms with van der Waals surface area (Å²) in [6.07, 6.45) is 2.01. The Labute approximate surface area is 174 Å². The topological polar surface area (TPSA) is 116 Å². The molecule has 0 spiro atoms. The molecule has 8 nitrogen and oxygen atoms in total. The average Bonchev–Trinajstić information content (AvgIpc) is 2.75. The molecule has 3 aromatic rings. The van der Waals surface area contributed by atoms with Gasteiger partial charge in [-0.05, 0) is 30.2 Å². The van der Waals surface area contributed by atoms with Gasteiger partial charge in [-0.2, -0.15) is 5.26 Å². The van der Waals surface area contributed by atoms with E-state index in [2.05, 4.69) is 31.6 Å². The molecule has 0 atom stereocenters. The molecule has 0 radical (unpaired) electrons. The van der Waals surface area contributed by atoms with Crippen molar-refractivity contribution in [2.45, 2.75) is 13.0 Å². The van der Waals surface area contributed by atoms with Gasteiger partial charge in [-0.3, -0.25) is 9.88 Å². The van der Waals surface area contributed by atoms with Gasteiger partial charge in [0.05, 0.1) is 11.2 Å². The summed E-state index contributed by atoms with van der Waals surface area (Å²) in [6.45, 7) is 5.07. The number of pyridine rings is 1. The van der Waals surface area contributed by atoms with Gasteiger partial charge in [0, 0.05) is 50.7 Å². The van der Waals surface area contributed by atoms with E-state index in [1.54, 1.807) is 6.07 Å². The molecule has 2 aromatic heterocycles. The van der Waals surface area contributed by atoms with Gasteiger partial charge in [-0.15, -0.1) is 0 Å². The molecule has 1 aliphatic rings. The first kappa shape index (κ1) is 19.9. The second kappa shape index (κ2) is 8.98. The third-order valence-electron chi connectivity index (χ3n) is 5.21. The molecule has 1 fully saturated rings. The predicted octanol–water partition coefficient (Wildman–Crippen LogP) is 1.68. The van der Waals surface area contributed by atoms with Gasteiger partial charge in [0.2, 0.25) is 0 Å². The third kappa shape index (κ3) is 4.45. The number of fused-ring (bicyclic) bond motifs is 1. The van der Waals surface area contributed by atoms with Crippen molar-refractivity contribution in [3.8, 4) is 6.07 Å². The normalized spacial score (nSPS) is 14.5. The van der Waals surface area contributed by atoms with Crippen LogP contribution < -0.4 is 16.4 Å². The minimum absolute atomic E-state index is 0.156. The number of anilines is 2. The van der Waals surface area contributed by atoms with E-state index in [-0.39, 0.29) is 17.2 Å².